The van der Waals surface area contributed by atoms with Crippen molar-refractivity contribution in [3.8, 4) is 0 Å². The van der Waals surface area contributed by atoms with E-state index >= 15 is 0 Å². The summed E-state index contributed by atoms with van der Waals surface area (Å²) in [5, 5.41) is 2.74. The molecule has 1 rings (SSSR count). The Morgan fingerprint density at radius 2 is 2.17 bits per heavy atom. The average molecular weight is 317 g/mol. The van der Waals surface area contributed by atoms with Crippen molar-refractivity contribution >= 4 is 27.5 Å². The standard InChI is InChI=1S/C13H18BrFN2O/c1-4-13(3,7-16)12(18)17-11-6-10(15)9(14)5-8(11)2/h5-6H,4,7,16H2,1-3H3,(H,17,18). The molecule has 0 saturated carbocycles. The van der Waals surface area contributed by atoms with E-state index in [0.29, 0.717) is 16.6 Å². The largest absolute Gasteiger partial charge is 0.329 e. The maximum absolute atomic E-state index is 13.4. The van der Waals surface area contributed by atoms with Gasteiger partial charge in [0, 0.05) is 12.2 Å². The number of rotatable bonds is 4. The minimum atomic E-state index is -0.629. The third-order valence-electron chi connectivity index (χ3n) is 3.29. The van der Waals surface area contributed by atoms with Gasteiger partial charge in [0.2, 0.25) is 5.91 Å². The fraction of sp³-hybridized carbons (Fsp3) is 0.462. The highest BCUT2D eigenvalue weighted by atomic mass is 79.9. The second-order valence-corrected chi connectivity index (χ2v) is 5.51. The van der Waals surface area contributed by atoms with Crippen molar-refractivity contribution in [2.24, 2.45) is 11.1 Å². The SMILES string of the molecule is CCC(C)(CN)C(=O)Nc1cc(F)c(Br)cc1C. The van der Waals surface area contributed by atoms with Crippen LogP contribution in [0.2, 0.25) is 0 Å². The number of nitrogens with two attached hydrogens (primary N) is 1. The maximum atomic E-state index is 13.4. The smallest absolute Gasteiger partial charge is 0.231 e. The van der Waals surface area contributed by atoms with Crippen LogP contribution >= 0.6 is 15.9 Å². The Kier molecular flexibility index (Phi) is 4.87. The Hall–Kier alpha value is -0.940. The van der Waals surface area contributed by atoms with Gasteiger partial charge in [-0.3, -0.25) is 4.79 Å². The number of halogens is 2. The molecule has 5 heteroatoms. The Balaban J connectivity index is 2.98. The topological polar surface area (TPSA) is 55.1 Å². The molecule has 1 aromatic carbocycles. The molecule has 0 heterocycles. The molecule has 0 aliphatic rings. The number of aryl methyl sites for hydroxylation is 1. The lowest BCUT2D eigenvalue weighted by molar-refractivity contribution is -0.124. The van der Waals surface area contributed by atoms with Crippen LogP contribution in [0.4, 0.5) is 10.1 Å². The molecule has 18 heavy (non-hydrogen) atoms. The zero-order chi connectivity index (χ0) is 13.9. The molecule has 0 spiro atoms. The Labute approximate surface area is 115 Å². The van der Waals surface area contributed by atoms with E-state index in [1.807, 2.05) is 13.8 Å². The van der Waals surface area contributed by atoms with E-state index in [9.17, 15) is 9.18 Å². The van der Waals surface area contributed by atoms with Gasteiger partial charge in [-0.1, -0.05) is 6.92 Å². The van der Waals surface area contributed by atoms with Crippen molar-refractivity contribution in [2.75, 3.05) is 11.9 Å². The first-order chi connectivity index (χ1) is 8.34. The van der Waals surface area contributed by atoms with Gasteiger partial charge in [-0.2, -0.15) is 0 Å². The third-order valence-corrected chi connectivity index (χ3v) is 3.90. The van der Waals surface area contributed by atoms with Crippen LogP contribution < -0.4 is 11.1 Å². The van der Waals surface area contributed by atoms with Crippen LogP contribution in [0.1, 0.15) is 25.8 Å². The van der Waals surface area contributed by atoms with Gasteiger partial charge in [-0.05, 0) is 53.9 Å². The average Bonchev–Trinajstić information content (AvgIpc) is 2.34. The van der Waals surface area contributed by atoms with E-state index in [2.05, 4.69) is 21.2 Å². The molecular weight excluding hydrogens is 299 g/mol. The summed E-state index contributed by atoms with van der Waals surface area (Å²) in [6, 6.07) is 2.95. The minimum Gasteiger partial charge on any atom is -0.329 e. The molecule has 0 fully saturated rings. The minimum absolute atomic E-state index is 0.183. The molecule has 3 N–H and O–H groups in total. The molecule has 0 bridgehead atoms. The predicted octanol–water partition coefficient (Wildman–Crippen LogP) is 3.21. The first-order valence-corrected chi connectivity index (χ1v) is 6.60. The second-order valence-electron chi connectivity index (χ2n) is 4.65. The second kappa shape index (κ2) is 5.80. The lowest BCUT2D eigenvalue weighted by atomic mass is 9.86. The number of carbonyl (C=O) groups excluding carboxylic acids is 1. The van der Waals surface area contributed by atoms with Crippen LogP contribution in [-0.4, -0.2) is 12.5 Å². The monoisotopic (exact) mass is 316 g/mol. The number of carbonyl (C=O) groups is 1. The lowest BCUT2D eigenvalue weighted by Gasteiger charge is -2.25. The van der Waals surface area contributed by atoms with Crippen LogP contribution in [0.3, 0.4) is 0 Å². The summed E-state index contributed by atoms with van der Waals surface area (Å²) in [4.78, 5) is 12.1. The van der Waals surface area contributed by atoms with E-state index in [1.54, 1.807) is 13.0 Å². The number of hydrogen-bond acceptors (Lipinski definition) is 2. The molecule has 1 unspecified atom stereocenters. The number of amides is 1. The van der Waals surface area contributed by atoms with Crippen LogP contribution in [-0.2, 0) is 4.79 Å². The molecule has 0 aromatic heterocycles. The highest BCUT2D eigenvalue weighted by molar-refractivity contribution is 9.10. The number of anilines is 1. The quantitative estimate of drug-likeness (QED) is 0.896. The first-order valence-electron chi connectivity index (χ1n) is 5.81. The van der Waals surface area contributed by atoms with Gasteiger partial charge in [0.15, 0.2) is 0 Å². The van der Waals surface area contributed by atoms with Gasteiger partial charge < -0.3 is 11.1 Å². The molecule has 0 aliphatic carbocycles. The van der Waals surface area contributed by atoms with Crippen molar-refractivity contribution < 1.29 is 9.18 Å². The number of nitrogens with one attached hydrogen (secondary N) is 1. The van der Waals surface area contributed by atoms with E-state index in [4.69, 9.17) is 5.73 Å². The molecule has 0 radical (unpaired) electrons. The molecule has 100 valence electrons. The van der Waals surface area contributed by atoms with E-state index < -0.39 is 11.2 Å². The normalized spacial score (nSPS) is 14.1. The fourth-order valence-corrected chi connectivity index (χ4v) is 1.91. The van der Waals surface area contributed by atoms with Crippen molar-refractivity contribution in [1.29, 1.82) is 0 Å². The van der Waals surface area contributed by atoms with Crippen LogP contribution in [0.5, 0.6) is 0 Å². The summed E-state index contributed by atoms with van der Waals surface area (Å²) in [6.45, 7) is 5.77. The highest BCUT2D eigenvalue weighted by Crippen LogP contribution is 2.27. The molecule has 1 amide bonds. The van der Waals surface area contributed by atoms with E-state index in [1.165, 1.54) is 6.07 Å². The first kappa shape index (κ1) is 15.1. The van der Waals surface area contributed by atoms with Gasteiger partial charge in [0.1, 0.15) is 5.82 Å². The summed E-state index contributed by atoms with van der Waals surface area (Å²) >= 11 is 3.11. The Morgan fingerprint density at radius 1 is 1.56 bits per heavy atom. The van der Waals surface area contributed by atoms with Gasteiger partial charge in [0.25, 0.3) is 0 Å². The van der Waals surface area contributed by atoms with E-state index in [-0.39, 0.29) is 12.5 Å². The van der Waals surface area contributed by atoms with Crippen LogP contribution in [0.25, 0.3) is 0 Å². The van der Waals surface area contributed by atoms with Gasteiger partial charge in [0.05, 0.1) is 9.89 Å². The number of benzene rings is 1. The van der Waals surface area contributed by atoms with Crippen molar-refractivity contribution in [1.82, 2.24) is 0 Å². The summed E-state index contributed by atoms with van der Waals surface area (Å²) in [7, 11) is 0. The van der Waals surface area contributed by atoms with E-state index in [0.717, 1.165) is 5.56 Å². The lowest BCUT2D eigenvalue weighted by Crippen LogP contribution is -2.39. The van der Waals surface area contributed by atoms with Gasteiger partial charge in [-0.25, -0.2) is 4.39 Å². The zero-order valence-corrected chi connectivity index (χ0v) is 12.4. The van der Waals surface area contributed by atoms with Crippen molar-refractivity contribution in [3.05, 3.63) is 28.0 Å². The summed E-state index contributed by atoms with van der Waals surface area (Å²) < 4.78 is 13.8. The summed E-state index contributed by atoms with van der Waals surface area (Å²) in [5.41, 5.74) is 6.27. The molecule has 1 atom stereocenters. The highest BCUT2D eigenvalue weighted by Gasteiger charge is 2.30. The molecular formula is C13H18BrFN2O. The summed E-state index contributed by atoms with van der Waals surface area (Å²) in [6.07, 6.45) is 0.632. The Morgan fingerprint density at radius 3 is 2.67 bits per heavy atom. The van der Waals surface area contributed by atoms with Crippen LogP contribution in [0.15, 0.2) is 16.6 Å². The van der Waals surface area contributed by atoms with Crippen molar-refractivity contribution in [3.63, 3.8) is 0 Å². The zero-order valence-electron chi connectivity index (χ0n) is 10.8. The fourth-order valence-electron chi connectivity index (χ4n) is 1.45. The van der Waals surface area contributed by atoms with Crippen molar-refractivity contribution in [2.45, 2.75) is 27.2 Å². The Bertz CT molecular complexity index is 459. The molecule has 0 saturated heterocycles. The summed E-state index contributed by atoms with van der Waals surface area (Å²) in [5.74, 6) is -0.584. The third kappa shape index (κ3) is 3.09. The van der Waals surface area contributed by atoms with Gasteiger partial charge >= 0.3 is 0 Å². The molecule has 1 aromatic rings. The van der Waals surface area contributed by atoms with Gasteiger partial charge in [-0.15, -0.1) is 0 Å². The predicted molar refractivity (Wildman–Crippen MR) is 74.9 cm³/mol. The number of hydrogen-bond donors (Lipinski definition) is 2. The molecule has 3 nitrogen and oxygen atoms in total. The maximum Gasteiger partial charge on any atom is 0.231 e. The van der Waals surface area contributed by atoms with Crippen LogP contribution in [0, 0.1) is 18.2 Å². The molecule has 0 aliphatic heterocycles.